The Labute approximate surface area is 296 Å². The third-order valence-electron chi connectivity index (χ3n) is 11.1. The van der Waals surface area contributed by atoms with Crippen LogP contribution in [-0.2, 0) is 6.42 Å². The fourth-order valence-corrected chi connectivity index (χ4v) is 8.51. The van der Waals surface area contributed by atoms with Crippen LogP contribution in [0.3, 0.4) is 0 Å². The smallest absolute Gasteiger partial charge is 0.147 e. The third kappa shape index (κ3) is 3.97. The van der Waals surface area contributed by atoms with E-state index in [2.05, 4.69) is 140 Å². The average molecular weight is 669 g/mol. The first kappa shape index (κ1) is 28.0. The van der Waals surface area contributed by atoms with Crippen LogP contribution in [0.4, 0.5) is 0 Å². The molecule has 11 aromatic rings. The molecule has 0 radical (unpaired) electrons. The van der Waals surface area contributed by atoms with E-state index in [0.29, 0.717) is 0 Å². The van der Waals surface area contributed by atoms with Gasteiger partial charge in [0.15, 0.2) is 0 Å². The van der Waals surface area contributed by atoms with Crippen molar-refractivity contribution in [2.75, 3.05) is 0 Å². The fourth-order valence-electron chi connectivity index (χ4n) is 8.51. The molecular weight excluding hydrogens is 641 g/mol. The van der Waals surface area contributed by atoms with Gasteiger partial charge in [0, 0.05) is 38.4 Å². The Hall–Kier alpha value is -6.78. The number of hydrogen-bond donors (Lipinski definition) is 0. The minimum absolute atomic E-state index is 0.191. The zero-order chi connectivity index (χ0) is 33.9. The Kier molecular flexibility index (Phi) is 5.58. The Morgan fingerprint density at radius 2 is 0.962 bits per heavy atom. The molecule has 1 aliphatic rings. The number of fused-ring (bicyclic) bond motifs is 14. The molecule has 12 rings (SSSR count). The van der Waals surface area contributed by atoms with Crippen molar-refractivity contribution < 1.29 is 17.7 Å². The molecule has 0 bridgehead atoms. The van der Waals surface area contributed by atoms with Crippen molar-refractivity contribution in [1.82, 2.24) is 0 Å². The topological polar surface area (TPSA) is 52.6 Å². The van der Waals surface area contributed by atoms with Crippen LogP contribution in [-0.4, -0.2) is 0 Å². The number of rotatable bonds is 3. The van der Waals surface area contributed by atoms with Gasteiger partial charge >= 0.3 is 0 Å². The molecule has 4 heteroatoms. The van der Waals surface area contributed by atoms with E-state index in [-0.39, 0.29) is 5.92 Å². The van der Waals surface area contributed by atoms with E-state index < -0.39 is 0 Å². The summed E-state index contributed by atoms with van der Waals surface area (Å²) in [5.41, 5.74) is 13.2. The molecule has 0 fully saturated rings. The first-order valence-electron chi connectivity index (χ1n) is 17.7. The molecule has 1 unspecified atom stereocenters. The number of hydrogen-bond acceptors (Lipinski definition) is 4. The lowest BCUT2D eigenvalue weighted by molar-refractivity contribution is 0.594. The molecule has 0 saturated carbocycles. The summed E-state index contributed by atoms with van der Waals surface area (Å²) in [6.45, 7) is 0. The van der Waals surface area contributed by atoms with Crippen LogP contribution >= 0.6 is 0 Å². The molecular formula is C48H28O4. The summed E-state index contributed by atoms with van der Waals surface area (Å²) < 4.78 is 25.9. The normalized spacial score (nSPS) is 14.6. The second-order valence-corrected chi connectivity index (χ2v) is 14.0. The van der Waals surface area contributed by atoms with Crippen molar-refractivity contribution in [3.8, 4) is 22.3 Å². The zero-order valence-corrected chi connectivity index (χ0v) is 27.9. The van der Waals surface area contributed by atoms with Crippen molar-refractivity contribution in [1.29, 1.82) is 0 Å². The van der Waals surface area contributed by atoms with E-state index in [4.69, 9.17) is 17.7 Å². The SMILES string of the molecule is C1=CC(c2ccc3oc4c(ccc5oc6ccc(-c7ccccc7)cc6c54)c3c2)Cc2c1oc1c2ccc2oc3ccc(-c4ccccc4)cc3c21. The van der Waals surface area contributed by atoms with E-state index in [9.17, 15) is 0 Å². The average Bonchev–Trinajstić information content (AvgIpc) is 3.97. The second-order valence-electron chi connectivity index (χ2n) is 14.0. The van der Waals surface area contributed by atoms with Crippen LogP contribution in [0.5, 0.6) is 0 Å². The van der Waals surface area contributed by atoms with Gasteiger partial charge in [0.05, 0.1) is 10.8 Å². The summed E-state index contributed by atoms with van der Waals surface area (Å²) >= 11 is 0. The van der Waals surface area contributed by atoms with Crippen LogP contribution < -0.4 is 0 Å². The van der Waals surface area contributed by atoms with Crippen molar-refractivity contribution in [3.05, 3.63) is 162 Å². The first-order valence-corrected chi connectivity index (χ1v) is 17.7. The van der Waals surface area contributed by atoms with Crippen LogP contribution in [0.2, 0.25) is 0 Å². The maximum Gasteiger partial charge on any atom is 0.147 e. The lowest BCUT2D eigenvalue weighted by Crippen LogP contribution is -2.04. The highest BCUT2D eigenvalue weighted by Gasteiger charge is 2.25. The van der Waals surface area contributed by atoms with Gasteiger partial charge in [-0.3, -0.25) is 0 Å². The van der Waals surface area contributed by atoms with Crippen molar-refractivity contribution >= 4 is 82.9 Å². The van der Waals surface area contributed by atoms with Gasteiger partial charge in [-0.25, -0.2) is 0 Å². The summed E-state index contributed by atoms with van der Waals surface area (Å²) in [7, 11) is 0. The Morgan fingerprint density at radius 1 is 0.404 bits per heavy atom. The molecule has 1 atom stereocenters. The predicted octanol–water partition coefficient (Wildman–Crippen LogP) is 13.8. The molecule has 0 aliphatic heterocycles. The minimum Gasteiger partial charge on any atom is -0.456 e. The van der Waals surface area contributed by atoms with Crippen molar-refractivity contribution in [2.45, 2.75) is 12.3 Å². The Balaban J connectivity index is 0.956. The van der Waals surface area contributed by atoms with Crippen molar-refractivity contribution in [2.24, 2.45) is 0 Å². The van der Waals surface area contributed by atoms with Gasteiger partial charge in [0.2, 0.25) is 0 Å². The second kappa shape index (κ2) is 10.4. The summed E-state index contributed by atoms with van der Waals surface area (Å²) in [5, 5.41) is 7.53. The van der Waals surface area contributed by atoms with Crippen LogP contribution in [0.15, 0.2) is 163 Å². The molecule has 4 nitrogen and oxygen atoms in total. The maximum atomic E-state index is 6.65. The summed E-state index contributed by atoms with van der Waals surface area (Å²) in [4.78, 5) is 0. The lowest BCUT2D eigenvalue weighted by atomic mass is 9.86. The molecule has 4 aromatic heterocycles. The molecule has 0 amide bonds. The van der Waals surface area contributed by atoms with Crippen molar-refractivity contribution in [3.63, 3.8) is 0 Å². The summed E-state index contributed by atoms with van der Waals surface area (Å²) in [6, 6.07) is 48.9. The summed E-state index contributed by atoms with van der Waals surface area (Å²) in [5.74, 6) is 1.11. The van der Waals surface area contributed by atoms with Gasteiger partial charge in [-0.2, -0.15) is 0 Å². The Bertz CT molecular complexity index is 3260. The monoisotopic (exact) mass is 668 g/mol. The predicted molar refractivity (Wildman–Crippen MR) is 211 cm³/mol. The largest absolute Gasteiger partial charge is 0.456 e. The number of furan rings is 4. The Morgan fingerprint density at radius 3 is 1.62 bits per heavy atom. The van der Waals surface area contributed by atoms with E-state index in [1.165, 1.54) is 22.3 Å². The van der Waals surface area contributed by atoms with E-state index >= 15 is 0 Å². The highest BCUT2D eigenvalue weighted by molar-refractivity contribution is 6.22. The van der Waals surface area contributed by atoms with Crippen LogP contribution in [0.25, 0.3) is 105 Å². The molecule has 7 aromatic carbocycles. The van der Waals surface area contributed by atoms with Gasteiger partial charge < -0.3 is 17.7 Å². The highest BCUT2D eigenvalue weighted by Crippen LogP contribution is 2.45. The first-order chi connectivity index (χ1) is 25.7. The van der Waals surface area contributed by atoms with E-state index in [1.54, 1.807) is 0 Å². The lowest BCUT2D eigenvalue weighted by Gasteiger charge is -2.17. The fraction of sp³-hybridized carbons (Fsp3) is 0.0417. The molecule has 244 valence electrons. The molecule has 0 spiro atoms. The number of allylic oxidation sites excluding steroid dienone is 1. The van der Waals surface area contributed by atoms with E-state index in [0.717, 1.165) is 100 Å². The van der Waals surface area contributed by atoms with Gasteiger partial charge in [-0.05, 0) is 101 Å². The maximum absolute atomic E-state index is 6.65. The quantitative estimate of drug-likeness (QED) is 0.188. The molecule has 1 aliphatic carbocycles. The minimum atomic E-state index is 0.191. The van der Waals surface area contributed by atoms with Gasteiger partial charge in [-0.1, -0.05) is 84.9 Å². The third-order valence-corrected chi connectivity index (χ3v) is 11.1. The number of benzene rings is 7. The van der Waals surface area contributed by atoms with Gasteiger partial charge in [0.25, 0.3) is 0 Å². The highest BCUT2D eigenvalue weighted by atomic mass is 16.4. The van der Waals surface area contributed by atoms with E-state index in [1.807, 2.05) is 12.1 Å². The van der Waals surface area contributed by atoms with Gasteiger partial charge in [0.1, 0.15) is 44.8 Å². The van der Waals surface area contributed by atoms with Gasteiger partial charge in [-0.15, -0.1) is 0 Å². The zero-order valence-electron chi connectivity index (χ0n) is 27.9. The standard InChI is InChI=1S/C48H28O4/c1-3-7-27(8-4-1)29-11-19-41-37(25-29)45-43(49-41)21-15-33-35-23-31(13-17-39(35)51-47(33)45)32-14-18-40-36(24-32)34-16-22-44-46(48(34)52-40)38-26-30(12-20-42(38)50-44)28-9-5-2-6-10-28/h1-23,25-26,32H,24H2. The molecule has 0 saturated heterocycles. The van der Waals surface area contributed by atoms with Crippen LogP contribution in [0, 0.1) is 0 Å². The summed E-state index contributed by atoms with van der Waals surface area (Å²) in [6.07, 6.45) is 5.27. The molecule has 4 heterocycles. The molecule has 52 heavy (non-hydrogen) atoms. The van der Waals surface area contributed by atoms with Crippen LogP contribution in [0.1, 0.15) is 22.8 Å². The molecule has 0 N–H and O–H groups in total.